The molecule has 0 saturated carbocycles. The average Bonchev–Trinajstić information content (AvgIpc) is 2.75. The Hall–Kier alpha value is -1.67. The van der Waals surface area contributed by atoms with Crippen LogP contribution in [0, 0.1) is 0 Å². The van der Waals surface area contributed by atoms with Crippen LogP contribution in [0.15, 0.2) is 11.4 Å². The van der Waals surface area contributed by atoms with Gasteiger partial charge in [0.25, 0.3) is 0 Å². The van der Waals surface area contributed by atoms with Crippen LogP contribution in [0.4, 0.5) is 9.80 Å². The SMILES string of the molecule is COC(=O)NC(=S)Nc1sccc1C(=O)OC. The van der Waals surface area contributed by atoms with Gasteiger partial charge in [0.2, 0.25) is 0 Å². The molecule has 1 heterocycles. The van der Waals surface area contributed by atoms with Crippen molar-refractivity contribution in [3.63, 3.8) is 0 Å². The number of rotatable bonds is 2. The smallest absolute Gasteiger partial charge is 0.413 e. The van der Waals surface area contributed by atoms with Gasteiger partial charge in [-0.2, -0.15) is 0 Å². The van der Waals surface area contributed by atoms with E-state index in [0.717, 1.165) is 0 Å². The number of anilines is 1. The van der Waals surface area contributed by atoms with Gasteiger partial charge >= 0.3 is 12.1 Å². The van der Waals surface area contributed by atoms with Crippen molar-refractivity contribution in [2.75, 3.05) is 19.5 Å². The van der Waals surface area contributed by atoms with E-state index in [1.54, 1.807) is 11.4 Å². The monoisotopic (exact) mass is 274 g/mol. The first-order chi connectivity index (χ1) is 8.08. The molecule has 0 aliphatic rings. The Bertz CT molecular complexity index is 444. The first kappa shape index (κ1) is 13.4. The molecule has 1 rings (SSSR count). The summed E-state index contributed by atoms with van der Waals surface area (Å²) in [6.07, 6.45) is -0.682. The van der Waals surface area contributed by atoms with E-state index in [1.165, 1.54) is 25.6 Å². The fourth-order valence-corrected chi connectivity index (χ4v) is 1.98. The number of amides is 1. The lowest BCUT2D eigenvalue weighted by molar-refractivity contribution is 0.0602. The van der Waals surface area contributed by atoms with E-state index < -0.39 is 12.1 Å². The van der Waals surface area contributed by atoms with Crippen molar-refractivity contribution in [3.05, 3.63) is 17.0 Å². The summed E-state index contributed by atoms with van der Waals surface area (Å²) in [4.78, 5) is 22.2. The summed E-state index contributed by atoms with van der Waals surface area (Å²) >= 11 is 6.12. The topological polar surface area (TPSA) is 76.7 Å². The minimum Gasteiger partial charge on any atom is -0.465 e. The van der Waals surface area contributed by atoms with Gasteiger partial charge in [0.05, 0.1) is 19.8 Å². The zero-order valence-electron chi connectivity index (χ0n) is 9.10. The summed E-state index contributed by atoms with van der Waals surface area (Å²) in [5.41, 5.74) is 0.353. The summed E-state index contributed by atoms with van der Waals surface area (Å²) in [7, 11) is 2.51. The summed E-state index contributed by atoms with van der Waals surface area (Å²) in [6, 6.07) is 1.60. The van der Waals surface area contributed by atoms with E-state index in [2.05, 4.69) is 20.1 Å². The molecule has 0 radical (unpaired) electrons. The Labute approximate surface area is 107 Å². The molecule has 6 nitrogen and oxygen atoms in total. The number of carbonyl (C=O) groups excluding carboxylic acids is 2. The standard InChI is InChI=1S/C9H10N2O4S2/c1-14-7(12)5-3-4-17-6(5)10-8(16)11-9(13)15-2/h3-4H,1-2H3,(H2,10,11,13,16). The molecule has 0 fully saturated rings. The molecule has 0 spiro atoms. The van der Waals surface area contributed by atoms with Gasteiger partial charge < -0.3 is 14.8 Å². The zero-order valence-corrected chi connectivity index (χ0v) is 10.7. The number of alkyl carbamates (subject to hydrolysis) is 1. The second-order valence-corrected chi connectivity index (χ2v) is 4.05. The molecule has 0 unspecified atom stereocenters. The molecule has 0 bridgehead atoms. The molecular weight excluding hydrogens is 264 g/mol. The van der Waals surface area contributed by atoms with Crippen LogP contribution in [0.5, 0.6) is 0 Å². The third-order valence-corrected chi connectivity index (χ3v) is 2.73. The largest absolute Gasteiger partial charge is 0.465 e. The van der Waals surface area contributed by atoms with Gasteiger partial charge in [0, 0.05) is 0 Å². The highest BCUT2D eigenvalue weighted by Gasteiger charge is 2.14. The number of nitrogens with one attached hydrogen (secondary N) is 2. The molecule has 1 amide bonds. The zero-order chi connectivity index (χ0) is 12.8. The van der Waals surface area contributed by atoms with E-state index in [0.29, 0.717) is 10.6 Å². The molecule has 0 aromatic carbocycles. The van der Waals surface area contributed by atoms with Crippen LogP contribution in [-0.4, -0.2) is 31.4 Å². The first-order valence-corrected chi connectivity index (χ1v) is 5.69. The quantitative estimate of drug-likeness (QED) is 0.630. The number of hydrogen-bond acceptors (Lipinski definition) is 6. The number of methoxy groups -OCH3 is 2. The van der Waals surface area contributed by atoms with Gasteiger partial charge in [-0.05, 0) is 23.7 Å². The predicted molar refractivity (Wildman–Crippen MR) is 67.4 cm³/mol. The van der Waals surface area contributed by atoms with E-state index in [4.69, 9.17) is 12.2 Å². The average molecular weight is 274 g/mol. The van der Waals surface area contributed by atoms with Crippen molar-refractivity contribution < 1.29 is 19.1 Å². The van der Waals surface area contributed by atoms with Crippen LogP contribution in [0.25, 0.3) is 0 Å². The number of hydrogen-bond donors (Lipinski definition) is 2. The van der Waals surface area contributed by atoms with Crippen LogP contribution in [0.3, 0.4) is 0 Å². The summed E-state index contributed by atoms with van der Waals surface area (Å²) < 4.78 is 8.96. The fourth-order valence-electron chi connectivity index (χ4n) is 0.955. The number of thiophene rings is 1. The third kappa shape index (κ3) is 3.68. The molecule has 17 heavy (non-hydrogen) atoms. The first-order valence-electron chi connectivity index (χ1n) is 4.40. The Kier molecular flexibility index (Phi) is 4.85. The highest BCUT2D eigenvalue weighted by atomic mass is 32.1. The van der Waals surface area contributed by atoms with Crippen LogP contribution in [0.1, 0.15) is 10.4 Å². The molecule has 1 aromatic rings. The third-order valence-electron chi connectivity index (χ3n) is 1.70. The maximum absolute atomic E-state index is 11.3. The minimum atomic E-state index is -0.682. The van der Waals surface area contributed by atoms with Gasteiger partial charge in [0.15, 0.2) is 5.11 Å². The van der Waals surface area contributed by atoms with Gasteiger partial charge in [-0.1, -0.05) is 0 Å². The van der Waals surface area contributed by atoms with E-state index in [9.17, 15) is 9.59 Å². The molecule has 2 N–H and O–H groups in total. The number of ether oxygens (including phenoxy) is 2. The Balaban J connectivity index is 2.69. The molecule has 0 atom stereocenters. The van der Waals surface area contributed by atoms with Crippen LogP contribution < -0.4 is 10.6 Å². The minimum absolute atomic E-state index is 0.0458. The summed E-state index contributed by atoms with van der Waals surface area (Å²) in [6.45, 7) is 0. The molecule has 1 aromatic heterocycles. The van der Waals surface area contributed by atoms with Crippen molar-refractivity contribution in [1.29, 1.82) is 0 Å². The maximum atomic E-state index is 11.3. The molecule has 8 heteroatoms. The molecule has 0 aliphatic heterocycles. The van der Waals surface area contributed by atoms with Gasteiger partial charge in [-0.15, -0.1) is 11.3 Å². The number of carbonyl (C=O) groups is 2. The summed E-state index contributed by atoms with van der Waals surface area (Å²) in [5, 5.41) is 7.22. The Morgan fingerprint density at radius 3 is 2.65 bits per heavy atom. The molecular formula is C9H10N2O4S2. The Morgan fingerprint density at radius 2 is 2.06 bits per heavy atom. The summed E-state index contributed by atoms with van der Waals surface area (Å²) in [5.74, 6) is -0.477. The van der Waals surface area contributed by atoms with E-state index in [1.807, 2.05) is 0 Å². The normalized spacial score (nSPS) is 9.29. The van der Waals surface area contributed by atoms with Crippen LogP contribution in [0.2, 0.25) is 0 Å². The molecule has 92 valence electrons. The second-order valence-electron chi connectivity index (χ2n) is 2.73. The molecule has 0 aliphatic carbocycles. The van der Waals surface area contributed by atoms with Crippen molar-refractivity contribution in [3.8, 4) is 0 Å². The lowest BCUT2D eigenvalue weighted by Gasteiger charge is -2.08. The van der Waals surface area contributed by atoms with Crippen molar-refractivity contribution in [1.82, 2.24) is 5.32 Å². The Morgan fingerprint density at radius 1 is 1.35 bits per heavy atom. The number of thiocarbonyl (C=S) groups is 1. The van der Waals surface area contributed by atoms with E-state index in [-0.39, 0.29) is 5.11 Å². The van der Waals surface area contributed by atoms with Gasteiger partial charge in [0.1, 0.15) is 5.00 Å². The maximum Gasteiger partial charge on any atom is 0.413 e. The fraction of sp³-hybridized carbons (Fsp3) is 0.222. The lowest BCUT2D eigenvalue weighted by Crippen LogP contribution is -2.34. The van der Waals surface area contributed by atoms with Crippen molar-refractivity contribution >= 4 is 45.7 Å². The number of esters is 1. The lowest BCUT2D eigenvalue weighted by atomic mass is 10.3. The van der Waals surface area contributed by atoms with Crippen molar-refractivity contribution in [2.45, 2.75) is 0 Å². The van der Waals surface area contributed by atoms with E-state index >= 15 is 0 Å². The van der Waals surface area contributed by atoms with Gasteiger partial charge in [-0.3, -0.25) is 5.32 Å². The van der Waals surface area contributed by atoms with Crippen molar-refractivity contribution in [2.24, 2.45) is 0 Å². The second kappa shape index (κ2) is 6.16. The van der Waals surface area contributed by atoms with Crippen LogP contribution in [-0.2, 0) is 9.47 Å². The molecule has 0 saturated heterocycles. The highest BCUT2D eigenvalue weighted by Crippen LogP contribution is 2.23. The van der Waals surface area contributed by atoms with Gasteiger partial charge in [-0.25, -0.2) is 9.59 Å². The predicted octanol–water partition coefficient (Wildman–Crippen LogP) is 1.59. The van der Waals surface area contributed by atoms with Crippen LogP contribution >= 0.6 is 23.6 Å². The highest BCUT2D eigenvalue weighted by molar-refractivity contribution is 7.80.